The fraction of sp³-hybridized carbons (Fsp3) is 0.250. The van der Waals surface area contributed by atoms with Gasteiger partial charge >= 0.3 is 0 Å². The van der Waals surface area contributed by atoms with Crippen LogP contribution in [-0.4, -0.2) is 15.0 Å². The Balaban J connectivity index is 2.41. The van der Waals surface area contributed by atoms with Gasteiger partial charge in [-0.05, 0) is 50.1 Å². The normalized spacial score (nSPS) is 11.2. The van der Waals surface area contributed by atoms with Crippen molar-refractivity contribution in [2.75, 3.05) is 16.6 Å². The lowest BCUT2D eigenvalue weighted by Crippen LogP contribution is -2.16. The van der Waals surface area contributed by atoms with Crippen LogP contribution in [0.25, 0.3) is 0 Å². The summed E-state index contributed by atoms with van der Waals surface area (Å²) in [6, 6.07) is 12.6. The number of sulfonamides is 1. The van der Waals surface area contributed by atoms with E-state index in [1.807, 2.05) is 45.0 Å². The number of hydrogen-bond donors (Lipinski definition) is 2. The van der Waals surface area contributed by atoms with Gasteiger partial charge in [0, 0.05) is 6.54 Å². The third kappa shape index (κ3) is 3.55. The fourth-order valence-electron chi connectivity index (χ4n) is 2.08. The molecule has 0 amide bonds. The van der Waals surface area contributed by atoms with Crippen LogP contribution in [0.3, 0.4) is 0 Å². The molecule has 0 unspecified atom stereocenters. The highest BCUT2D eigenvalue weighted by Crippen LogP contribution is 2.25. The quantitative estimate of drug-likeness (QED) is 0.888. The van der Waals surface area contributed by atoms with Gasteiger partial charge < -0.3 is 5.32 Å². The van der Waals surface area contributed by atoms with Crippen LogP contribution in [0.15, 0.2) is 47.4 Å². The second kappa shape index (κ2) is 6.18. The first-order valence-electron chi connectivity index (χ1n) is 6.87. The zero-order chi connectivity index (χ0) is 15.5. The van der Waals surface area contributed by atoms with E-state index in [4.69, 9.17) is 0 Å². The summed E-state index contributed by atoms with van der Waals surface area (Å²) in [6.45, 7) is 6.41. The molecule has 0 aliphatic carbocycles. The SMILES string of the molecule is CCNc1ccccc1S(=O)(=O)Nc1cc(C)ccc1C. The van der Waals surface area contributed by atoms with Crippen LogP contribution in [0.2, 0.25) is 0 Å². The van der Waals surface area contributed by atoms with Crippen molar-refractivity contribution in [1.82, 2.24) is 0 Å². The molecule has 5 heteroatoms. The average molecular weight is 304 g/mol. The molecule has 0 radical (unpaired) electrons. The molecule has 21 heavy (non-hydrogen) atoms. The van der Waals surface area contributed by atoms with E-state index in [1.165, 1.54) is 0 Å². The molecule has 0 atom stereocenters. The van der Waals surface area contributed by atoms with Crippen molar-refractivity contribution < 1.29 is 8.42 Å². The van der Waals surface area contributed by atoms with Crippen molar-refractivity contribution in [2.45, 2.75) is 25.7 Å². The molecule has 0 saturated heterocycles. The summed E-state index contributed by atoms with van der Waals surface area (Å²) in [4.78, 5) is 0.257. The van der Waals surface area contributed by atoms with Crippen molar-refractivity contribution >= 4 is 21.4 Å². The molecule has 2 rings (SSSR count). The zero-order valence-corrected chi connectivity index (χ0v) is 13.3. The van der Waals surface area contributed by atoms with Crippen LogP contribution in [0.1, 0.15) is 18.1 Å². The van der Waals surface area contributed by atoms with Gasteiger partial charge in [-0.25, -0.2) is 8.42 Å². The first-order valence-corrected chi connectivity index (χ1v) is 8.35. The Kier molecular flexibility index (Phi) is 4.53. The monoisotopic (exact) mass is 304 g/mol. The van der Waals surface area contributed by atoms with E-state index in [1.54, 1.807) is 18.2 Å². The lowest BCUT2D eigenvalue weighted by atomic mass is 10.1. The molecule has 0 saturated carbocycles. The topological polar surface area (TPSA) is 58.2 Å². The molecule has 0 aromatic heterocycles. The molecule has 2 N–H and O–H groups in total. The zero-order valence-electron chi connectivity index (χ0n) is 12.5. The Morgan fingerprint density at radius 2 is 1.71 bits per heavy atom. The van der Waals surface area contributed by atoms with Gasteiger partial charge in [0.2, 0.25) is 0 Å². The maximum atomic E-state index is 12.6. The number of aryl methyl sites for hydroxylation is 2. The van der Waals surface area contributed by atoms with Crippen molar-refractivity contribution in [3.8, 4) is 0 Å². The van der Waals surface area contributed by atoms with Gasteiger partial charge in [-0.1, -0.05) is 24.3 Å². The number of anilines is 2. The minimum absolute atomic E-state index is 0.257. The summed E-state index contributed by atoms with van der Waals surface area (Å²) in [6.07, 6.45) is 0. The highest BCUT2D eigenvalue weighted by molar-refractivity contribution is 7.92. The molecule has 0 spiro atoms. The number of hydrogen-bond acceptors (Lipinski definition) is 3. The molecule has 0 fully saturated rings. The lowest BCUT2D eigenvalue weighted by Gasteiger charge is -2.14. The van der Waals surface area contributed by atoms with E-state index >= 15 is 0 Å². The number of benzene rings is 2. The second-order valence-electron chi connectivity index (χ2n) is 4.95. The van der Waals surface area contributed by atoms with Crippen molar-refractivity contribution in [1.29, 1.82) is 0 Å². The Bertz CT molecular complexity index is 740. The minimum Gasteiger partial charge on any atom is -0.384 e. The lowest BCUT2D eigenvalue weighted by molar-refractivity contribution is 0.601. The third-order valence-corrected chi connectivity index (χ3v) is 4.60. The van der Waals surface area contributed by atoms with Gasteiger partial charge in [0.15, 0.2) is 0 Å². The summed E-state index contributed by atoms with van der Waals surface area (Å²) in [5.74, 6) is 0. The van der Waals surface area contributed by atoms with E-state index in [0.717, 1.165) is 11.1 Å². The van der Waals surface area contributed by atoms with Crippen LogP contribution >= 0.6 is 0 Å². The molecule has 112 valence electrons. The van der Waals surface area contributed by atoms with Crippen LogP contribution in [-0.2, 0) is 10.0 Å². The molecule has 4 nitrogen and oxygen atoms in total. The Labute approximate surface area is 126 Å². The number of para-hydroxylation sites is 1. The second-order valence-corrected chi connectivity index (χ2v) is 6.60. The third-order valence-electron chi connectivity index (χ3n) is 3.18. The summed E-state index contributed by atoms with van der Waals surface area (Å²) in [5.41, 5.74) is 3.13. The van der Waals surface area contributed by atoms with Crippen LogP contribution in [0.4, 0.5) is 11.4 Å². The van der Waals surface area contributed by atoms with Crippen LogP contribution in [0.5, 0.6) is 0 Å². The molecule has 0 heterocycles. The van der Waals surface area contributed by atoms with Gasteiger partial charge in [-0.15, -0.1) is 0 Å². The Morgan fingerprint density at radius 1 is 1.00 bits per heavy atom. The standard InChI is InChI=1S/C16H20N2O2S/c1-4-17-14-7-5-6-8-16(14)21(19,20)18-15-11-12(2)9-10-13(15)3/h5-11,17-18H,4H2,1-3H3. The summed E-state index contributed by atoms with van der Waals surface area (Å²) in [7, 11) is -3.62. The highest BCUT2D eigenvalue weighted by atomic mass is 32.2. The molecule has 0 aliphatic heterocycles. The van der Waals surface area contributed by atoms with E-state index in [2.05, 4.69) is 10.0 Å². The Hall–Kier alpha value is -2.01. The van der Waals surface area contributed by atoms with Crippen LogP contribution < -0.4 is 10.0 Å². The highest BCUT2D eigenvalue weighted by Gasteiger charge is 2.18. The predicted molar refractivity (Wildman–Crippen MR) is 87.3 cm³/mol. The number of nitrogens with one attached hydrogen (secondary N) is 2. The minimum atomic E-state index is -3.62. The van der Waals surface area contributed by atoms with E-state index in [0.29, 0.717) is 17.9 Å². The fourth-order valence-corrected chi connectivity index (χ4v) is 3.39. The molecular weight excluding hydrogens is 284 g/mol. The molecule has 2 aromatic rings. The van der Waals surface area contributed by atoms with Crippen molar-refractivity contribution in [3.63, 3.8) is 0 Å². The van der Waals surface area contributed by atoms with Gasteiger partial charge in [-0.3, -0.25) is 4.72 Å². The molecule has 2 aromatic carbocycles. The van der Waals surface area contributed by atoms with Gasteiger partial charge in [0.25, 0.3) is 10.0 Å². The molecular formula is C16H20N2O2S. The first kappa shape index (κ1) is 15.4. The summed E-state index contributed by atoms with van der Waals surface area (Å²) >= 11 is 0. The first-order chi connectivity index (χ1) is 9.94. The molecule has 0 aliphatic rings. The summed E-state index contributed by atoms with van der Waals surface area (Å²) < 4.78 is 27.9. The maximum Gasteiger partial charge on any atom is 0.263 e. The van der Waals surface area contributed by atoms with Crippen LogP contribution in [0, 0.1) is 13.8 Å². The largest absolute Gasteiger partial charge is 0.384 e. The average Bonchev–Trinajstić information content (AvgIpc) is 2.43. The summed E-state index contributed by atoms with van der Waals surface area (Å²) in [5, 5.41) is 3.07. The number of rotatable bonds is 5. The van der Waals surface area contributed by atoms with Gasteiger partial charge in [0.1, 0.15) is 4.90 Å². The smallest absolute Gasteiger partial charge is 0.263 e. The maximum absolute atomic E-state index is 12.6. The van der Waals surface area contributed by atoms with E-state index < -0.39 is 10.0 Å². The predicted octanol–water partition coefficient (Wildman–Crippen LogP) is 3.54. The van der Waals surface area contributed by atoms with E-state index in [9.17, 15) is 8.42 Å². The Morgan fingerprint density at radius 3 is 2.43 bits per heavy atom. The van der Waals surface area contributed by atoms with E-state index in [-0.39, 0.29) is 4.90 Å². The van der Waals surface area contributed by atoms with Crippen molar-refractivity contribution in [3.05, 3.63) is 53.6 Å². The van der Waals surface area contributed by atoms with Crippen molar-refractivity contribution in [2.24, 2.45) is 0 Å². The van der Waals surface area contributed by atoms with Gasteiger partial charge in [-0.2, -0.15) is 0 Å². The van der Waals surface area contributed by atoms with Gasteiger partial charge in [0.05, 0.1) is 11.4 Å². The molecule has 0 bridgehead atoms.